The van der Waals surface area contributed by atoms with Crippen molar-refractivity contribution in [1.82, 2.24) is 10.2 Å². The third kappa shape index (κ3) is 3.80. The molecule has 1 saturated carbocycles. The molecule has 20 heavy (non-hydrogen) atoms. The molecule has 1 saturated heterocycles. The summed E-state index contributed by atoms with van der Waals surface area (Å²) in [6.07, 6.45) is 1.65. The van der Waals surface area contributed by atoms with E-state index in [1.54, 1.807) is 0 Å². The highest BCUT2D eigenvalue weighted by molar-refractivity contribution is 5.76. The van der Waals surface area contributed by atoms with Crippen LogP contribution in [-0.2, 0) is 4.79 Å². The van der Waals surface area contributed by atoms with Gasteiger partial charge in [0.25, 0.3) is 0 Å². The van der Waals surface area contributed by atoms with Crippen LogP contribution in [0.5, 0.6) is 0 Å². The minimum Gasteiger partial charge on any atom is -0.481 e. The number of piperidine rings is 1. The average Bonchev–Trinajstić information content (AvgIpc) is 2.36. The fourth-order valence-corrected chi connectivity index (χ4v) is 2.85. The number of alkyl halides is 2. The van der Waals surface area contributed by atoms with E-state index in [9.17, 15) is 18.4 Å². The van der Waals surface area contributed by atoms with Gasteiger partial charge in [-0.2, -0.15) is 0 Å². The maximum atomic E-state index is 12.6. The molecule has 0 aromatic heterocycles. The van der Waals surface area contributed by atoms with Crippen LogP contribution in [0.25, 0.3) is 0 Å². The minimum absolute atomic E-state index is 0.0153. The lowest BCUT2D eigenvalue weighted by molar-refractivity contribution is -0.143. The quantitative estimate of drug-likeness (QED) is 0.831. The smallest absolute Gasteiger partial charge is 0.317 e. The molecule has 1 aliphatic carbocycles. The number of carbonyl (C=O) groups is 2. The number of urea groups is 1. The number of halogens is 2. The Bertz CT molecular complexity index is 382. The largest absolute Gasteiger partial charge is 0.481 e. The van der Waals surface area contributed by atoms with Gasteiger partial charge < -0.3 is 15.3 Å². The summed E-state index contributed by atoms with van der Waals surface area (Å²) in [6.45, 7) is 1.15. The zero-order valence-corrected chi connectivity index (χ0v) is 11.3. The second-order valence-corrected chi connectivity index (χ2v) is 5.77. The van der Waals surface area contributed by atoms with Crippen LogP contribution in [-0.4, -0.2) is 47.6 Å². The molecule has 0 aromatic rings. The molecule has 7 heteroatoms. The maximum absolute atomic E-state index is 12.6. The first-order valence-corrected chi connectivity index (χ1v) is 7.01. The van der Waals surface area contributed by atoms with Gasteiger partial charge in [-0.25, -0.2) is 13.6 Å². The van der Waals surface area contributed by atoms with Crippen molar-refractivity contribution in [1.29, 1.82) is 0 Å². The third-order valence-electron chi connectivity index (χ3n) is 4.06. The number of carboxylic acid groups (broad SMARTS) is 1. The molecule has 2 fully saturated rings. The second kappa shape index (κ2) is 5.93. The van der Waals surface area contributed by atoms with Crippen molar-refractivity contribution >= 4 is 12.0 Å². The summed E-state index contributed by atoms with van der Waals surface area (Å²) in [7, 11) is 0. The summed E-state index contributed by atoms with van der Waals surface area (Å²) in [4.78, 5) is 24.3. The van der Waals surface area contributed by atoms with E-state index >= 15 is 0 Å². The summed E-state index contributed by atoms with van der Waals surface area (Å²) < 4.78 is 25.3. The van der Waals surface area contributed by atoms with E-state index in [0.717, 1.165) is 0 Å². The monoisotopic (exact) mass is 290 g/mol. The first-order chi connectivity index (χ1) is 9.37. The van der Waals surface area contributed by atoms with Gasteiger partial charge in [0.05, 0.1) is 5.92 Å². The van der Waals surface area contributed by atoms with Crippen LogP contribution in [0.4, 0.5) is 13.6 Å². The molecule has 2 rings (SSSR count). The summed E-state index contributed by atoms with van der Waals surface area (Å²) in [5.41, 5.74) is 0. The van der Waals surface area contributed by atoms with Gasteiger partial charge in [-0.3, -0.25) is 4.79 Å². The van der Waals surface area contributed by atoms with Crippen LogP contribution in [0, 0.1) is 11.8 Å². The van der Waals surface area contributed by atoms with Crippen molar-refractivity contribution in [2.45, 2.75) is 38.0 Å². The topological polar surface area (TPSA) is 69.6 Å². The highest BCUT2D eigenvalue weighted by Crippen LogP contribution is 2.43. The van der Waals surface area contributed by atoms with Crippen LogP contribution in [0.1, 0.15) is 32.1 Å². The Morgan fingerprint density at radius 2 is 2.05 bits per heavy atom. The van der Waals surface area contributed by atoms with E-state index in [-0.39, 0.29) is 31.3 Å². The molecular formula is C13H20F2N2O3. The van der Waals surface area contributed by atoms with Gasteiger partial charge in [-0.15, -0.1) is 0 Å². The van der Waals surface area contributed by atoms with Crippen LogP contribution >= 0.6 is 0 Å². The molecule has 0 spiro atoms. The van der Waals surface area contributed by atoms with Crippen molar-refractivity contribution in [3.8, 4) is 0 Å². The van der Waals surface area contributed by atoms with Gasteiger partial charge in [-0.05, 0) is 25.2 Å². The molecule has 0 bridgehead atoms. The molecule has 2 amide bonds. The first kappa shape index (κ1) is 15.0. The van der Waals surface area contributed by atoms with Crippen molar-refractivity contribution in [2.24, 2.45) is 11.8 Å². The summed E-state index contributed by atoms with van der Waals surface area (Å²) in [6, 6.07) is -0.290. The maximum Gasteiger partial charge on any atom is 0.317 e. The van der Waals surface area contributed by atoms with E-state index in [1.807, 2.05) is 0 Å². The van der Waals surface area contributed by atoms with E-state index in [4.69, 9.17) is 5.11 Å². The van der Waals surface area contributed by atoms with Gasteiger partial charge in [0.1, 0.15) is 0 Å². The first-order valence-electron chi connectivity index (χ1n) is 7.01. The number of carboxylic acids is 1. The summed E-state index contributed by atoms with van der Waals surface area (Å²) in [5, 5.41) is 11.6. The number of amides is 2. The molecule has 1 atom stereocenters. The fourth-order valence-electron chi connectivity index (χ4n) is 2.85. The Labute approximate surface area is 116 Å². The Morgan fingerprint density at radius 3 is 2.65 bits per heavy atom. The Kier molecular flexibility index (Phi) is 4.45. The van der Waals surface area contributed by atoms with Gasteiger partial charge >= 0.3 is 12.0 Å². The van der Waals surface area contributed by atoms with Crippen LogP contribution in [0.15, 0.2) is 0 Å². The number of aliphatic carboxylic acids is 1. The van der Waals surface area contributed by atoms with Crippen molar-refractivity contribution < 1.29 is 23.5 Å². The molecule has 114 valence electrons. The number of hydrogen-bond donors (Lipinski definition) is 2. The number of rotatable bonds is 4. The van der Waals surface area contributed by atoms with Gasteiger partial charge in [0, 0.05) is 32.5 Å². The molecule has 0 radical (unpaired) electrons. The van der Waals surface area contributed by atoms with Gasteiger partial charge in [-0.1, -0.05) is 0 Å². The van der Waals surface area contributed by atoms with E-state index < -0.39 is 17.8 Å². The van der Waals surface area contributed by atoms with Crippen LogP contribution in [0.2, 0.25) is 0 Å². The van der Waals surface area contributed by atoms with Gasteiger partial charge in [0.2, 0.25) is 5.92 Å². The lowest BCUT2D eigenvalue weighted by Gasteiger charge is -2.35. The Morgan fingerprint density at radius 1 is 1.35 bits per heavy atom. The number of hydrogen-bond acceptors (Lipinski definition) is 2. The van der Waals surface area contributed by atoms with Crippen LogP contribution < -0.4 is 5.32 Å². The number of likely N-dealkylation sites (tertiary alicyclic amines) is 1. The lowest BCUT2D eigenvalue weighted by atomic mass is 9.79. The summed E-state index contributed by atoms with van der Waals surface area (Å²) in [5.74, 6) is -3.91. The predicted molar refractivity (Wildman–Crippen MR) is 67.6 cm³/mol. The van der Waals surface area contributed by atoms with Gasteiger partial charge in [0.15, 0.2) is 0 Å². The van der Waals surface area contributed by atoms with E-state index in [0.29, 0.717) is 32.4 Å². The van der Waals surface area contributed by atoms with Crippen molar-refractivity contribution in [3.63, 3.8) is 0 Å². The normalized spacial score (nSPS) is 25.9. The zero-order valence-electron chi connectivity index (χ0n) is 11.3. The number of nitrogens with one attached hydrogen (secondary N) is 1. The van der Waals surface area contributed by atoms with Crippen molar-refractivity contribution in [2.75, 3.05) is 19.6 Å². The van der Waals surface area contributed by atoms with Crippen LogP contribution in [0.3, 0.4) is 0 Å². The highest BCUT2D eigenvalue weighted by atomic mass is 19.3. The lowest BCUT2D eigenvalue weighted by Crippen LogP contribution is -2.47. The standard InChI is InChI=1S/C13H20F2N2O3/c14-13(15)6-9(7-13)3-4-16-12(20)17-5-1-2-10(8-17)11(18)19/h9-10H,1-8H2,(H,16,20)(H,18,19). The minimum atomic E-state index is -2.52. The highest BCUT2D eigenvalue weighted by Gasteiger charge is 2.44. The van der Waals surface area contributed by atoms with E-state index in [1.165, 1.54) is 4.90 Å². The Balaban J connectivity index is 1.66. The predicted octanol–water partition coefficient (Wildman–Crippen LogP) is 1.93. The molecule has 2 aliphatic rings. The number of nitrogens with zero attached hydrogens (tertiary/aromatic N) is 1. The molecule has 5 nitrogen and oxygen atoms in total. The Hall–Kier alpha value is -1.40. The fraction of sp³-hybridized carbons (Fsp3) is 0.846. The molecule has 1 aliphatic heterocycles. The second-order valence-electron chi connectivity index (χ2n) is 5.77. The number of carbonyl (C=O) groups excluding carboxylic acids is 1. The summed E-state index contributed by atoms with van der Waals surface area (Å²) >= 11 is 0. The molecule has 1 unspecified atom stereocenters. The molecule has 1 heterocycles. The van der Waals surface area contributed by atoms with Crippen molar-refractivity contribution in [3.05, 3.63) is 0 Å². The SMILES string of the molecule is O=C(O)C1CCCN(C(=O)NCCC2CC(F)(F)C2)C1. The van der Waals surface area contributed by atoms with E-state index in [2.05, 4.69) is 5.32 Å². The molecule has 0 aromatic carbocycles. The average molecular weight is 290 g/mol. The molecule has 2 N–H and O–H groups in total. The third-order valence-corrected chi connectivity index (χ3v) is 4.06. The molecular weight excluding hydrogens is 270 g/mol. The zero-order chi connectivity index (χ0) is 14.8.